The normalized spacial score (nSPS) is 11.8. The lowest BCUT2D eigenvalue weighted by atomic mass is 10.0. The van der Waals surface area contributed by atoms with Gasteiger partial charge in [0, 0.05) is 6.42 Å². The van der Waals surface area contributed by atoms with E-state index in [0.29, 0.717) is 6.42 Å². The zero-order valence-electron chi connectivity index (χ0n) is 22.0. The molecule has 0 aliphatic heterocycles. The summed E-state index contributed by atoms with van der Waals surface area (Å²) in [6, 6.07) is -0.157. The van der Waals surface area contributed by atoms with Crippen molar-refractivity contribution in [1.82, 2.24) is 4.90 Å². The lowest BCUT2D eigenvalue weighted by Gasteiger charge is -2.14. The van der Waals surface area contributed by atoms with E-state index in [2.05, 4.69) is 6.92 Å². The highest BCUT2D eigenvalue weighted by Crippen LogP contribution is 2.14. The van der Waals surface area contributed by atoms with E-state index in [1.807, 2.05) is 14.1 Å². The van der Waals surface area contributed by atoms with E-state index in [4.69, 9.17) is 10.8 Å². The van der Waals surface area contributed by atoms with Gasteiger partial charge in [0.2, 0.25) is 5.91 Å². The molecule has 0 saturated heterocycles. The van der Waals surface area contributed by atoms with Crippen molar-refractivity contribution in [3.63, 3.8) is 0 Å². The summed E-state index contributed by atoms with van der Waals surface area (Å²) < 4.78 is 0. The summed E-state index contributed by atoms with van der Waals surface area (Å²) >= 11 is 0. The molecule has 0 radical (unpaired) electrons. The van der Waals surface area contributed by atoms with Crippen molar-refractivity contribution in [1.29, 1.82) is 0 Å². The first-order valence-electron chi connectivity index (χ1n) is 13.5. The van der Waals surface area contributed by atoms with Gasteiger partial charge >= 0.3 is 5.97 Å². The molecule has 5 heteroatoms. The highest BCUT2D eigenvalue weighted by molar-refractivity contribution is 5.79. The lowest BCUT2D eigenvalue weighted by molar-refractivity contribution is -0.137. The van der Waals surface area contributed by atoms with Crippen molar-refractivity contribution in [2.45, 2.75) is 148 Å². The number of nitrogens with two attached hydrogens (primary N) is 1. The Morgan fingerprint density at radius 2 is 0.938 bits per heavy atom. The van der Waals surface area contributed by atoms with E-state index in [-0.39, 0.29) is 11.9 Å². The van der Waals surface area contributed by atoms with E-state index in [9.17, 15) is 9.59 Å². The Morgan fingerprint density at radius 1 is 0.656 bits per heavy atom. The number of primary amides is 1. The molecule has 0 heterocycles. The van der Waals surface area contributed by atoms with E-state index >= 15 is 0 Å². The van der Waals surface area contributed by atoms with E-state index in [1.54, 1.807) is 11.8 Å². The van der Waals surface area contributed by atoms with Crippen LogP contribution in [0.4, 0.5) is 0 Å². The van der Waals surface area contributed by atoms with Gasteiger partial charge in [-0.2, -0.15) is 0 Å². The number of carboxylic acids is 1. The SMILES string of the molecule is CC(C(N)=O)N(C)C.CCCCCCCCCCCCCCCCCCCCCC(=O)O. The first kappa shape index (κ1) is 33.1. The second-order valence-electron chi connectivity index (χ2n) is 9.55. The van der Waals surface area contributed by atoms with Gasteiger partial charge in [-0.15, -0.1) is 0 Å². The predicted molar refractivity (Wildman–Crippen MR) is 138 cm³/mol. The molecule has 32 heavy (non-hydrogen) atoms. The molecule has 0 saturated carbocycles. The third-order valence-electron chi connectivity index (χ3n) is 6.18. The zero-order valence-corrected chi connectivity index (χ0v) is 22.0. The van der Waals surface area contributed by atoms with Crippen molar-refractivity contribution in [3.05, 3.63) is 0 Å². The largest absolute Gasteiger partial charge is 0.481 e. The quantitative estimate of drug-likeness (QED) is 0.167. The van der Waals surface area contributed by atoms with Crippen LogP contribution in [-0.4, -0.2) is 42.0 Å². The fourth-order valence-corrected chi connectivity index (χ4v) is 3.61. The molecule has 0 aliphatic carbocycles. The molecular formula is C27H56N2O3. The maximum absolute atomic E-state index is 10.4. The summed E-state index contributed by atoms with van der Waals surface area (Å²) in [5.41, 5.74) is 4.96. The van der Waals surface area contributed by atoms with Gasteiger partial charge in [-0.25, -0.2) is 0 Å². The van der Waals surface area contributed by atoms with Crippen molar-refractivity contribution >= 4 is 11.9 Å². The van der Waals surface area contributed by atoms with Gasteiger partial charge in [0.05, 0.1) is 6.04 Å². The van der Waals surface area contributed by atoms with Crippen LogP contribution in [-0.2, 0) is 9.59 Å². The molecule has 0 spiro atoms. The number of hydrogen-bond acceptors (Lipinski definition) is 3. The molecule has 5 nitrogen and oxygen atoms in total. The number of carbonyl (C=O) groups is 2. The Bertz CT molecular complexity index is 414. The van der Waals surface area contributed by atoms with E-state index in [0.717, 1.165) is 12.8 Å². The number of hydrogen-bond donors (Lipinski definition) is 2. The number of carboxylic acid groups (broad SMARTS) is 1. The van der Waals surface area contributed by atoms with Crippen LogP contribution in [0, 0.1) is 0 Å². The fourth-order valence-electron chi connectivity index (χ4n) is 3.61. The Labute approximate surface area is 199 Å². The second kappa shape index (κ2) is 26.2. The molecular weight excluding hydrogens is 400 g/mol. The van der Waals surface area contributed by atoms with Crippen LogP contribution in [0.1, 0.15) is 142 Å². The van der Waals surface area contributed by atoms with Crippen LogP contribution in [0.25, 0.3) is 0 Å². The van der Waals surface area contributed by atoms with Crippen LogP contribution in [0.3, 0.4) is 0 Å². The van der Waals surface area contributed by atoms with Crippen molar-refractivity contribution in [2.24, 2.45) is 5.73 Å². The highest BCUT2D eigenvalue weighted by Gasteiger charge is 2.08. The Kier molecular flexibility index (Phi) is 27.0. The molecule has 0 aromatic heterocycles. The number of amides is 1. The maximum atomic E-state index is 10.4. The molecule has 0 fully saturated rings. The Morgan fingerprint density at radius 3 is 1.12 bits per heavy atom. The van der Waals surface area contributed by atoms with Gasteiger partial charge in [0.15, 0.2) is 0 Å². The van der Waals surface area contributed by atoms with Crippen molar-refractivity contribution < 1.29 is 14.7 Å². The van der Waals surface area contributed by atoms with Crippen LogP contribution in [0.2, 0.25) is 0 Å². The molecule has 0 aliphatic rings. The number of carbonyl (C=O) groups excluding carboxylic acids is 1. The molecule has 0 aromatic carbocycles. The van der Waals surface area contributed by atoms with Gasteiger partial charge in [-0.05, 0) is 27.4 Å². The van der Waals surface area contributed by atoms with E-state index in [1.165, 1.54) is 109 Å². The number of likely N-dealkylation sites (N-methyl/N-ethyl adjacent to an activating group) is 1. The van der Waals surface area contributed by atoms with Crippen LogP contribution >= 0.6 is 0 Å². The first-order chi connectivity index (χ1) is 15.3. The molecule has 3 N–H and O–H groups in total. The molecule has 1 amide bonds. The average molecular weight is 457 g/mol. The maximum Gasteiger partial charge on any atom is 0.303 e. The zero-order chi connectivity index (χ0) is 24.5. The molecule has 1 unspecified atom stereocenters. The van der Waals surface area contributed by atoms with E-state index < -0.39 is 5.97 Å². The minimum Gasteiger partial charge on any atom is -0.481 e. The summed E-state index contributed by atoms with van der Waals surface area (Å²) in [7, 11) is 3.63. The number of nitrogens with zero attached hydrogens (tertiary/aromatic N) is 1. The average Bonchev–Trinajstić information content (AvgIpc) is 2.74. The summed E-state index contributed by atoms with van der Waals surface area (Å²) in [5, 5.41) is 8.56. The van der Waals surface area contributed by atoms with Crippen LogP contribution in [0.15, 0.2) is 0 Å². The molecule has 0 aromatic rings. The summed E-state index contributed by atoms with van der Waals surface area (Å²) in [5.74, 6) is -0.933. The summed E-state index contributed by atoms with van der Waals surface area (Å²) in [6.07, 6.45) is 26.1. The van der Waals surface area contributed by atoms with Gasteiger partial charge in [0.1, 0.15) is 0 Å². The minimum absolute atomic E-state index is 0.157. The topological polar surface area (TPSA) is 83.6 Å². The molecule has 192 valence electrons. The molecule has 0 rings (SSSR count). The van der Waals surface area contributed by atoms with Crippen LogP contribution < -0.4 is 5.73 Å². The Hall–Kier alpha value is -1.10. The first-order valence-corrected chi connectivity index (χ1v) is 13.5. The van der Waals surface area contributed by atoms with Gasteiger partial charge < -0.3 is 10.8 Å². The third kappa shape index (κ3) is 28.9. The van der Waals surface area contributed by atoms with Crippen molar-refractivity contribution in [3.8, 4) is 0 Å². The third-order valence-corrected chi connectivity index (χ3v) is 6.18. The fraction of sp³-hybridized carbons (Fsp3) is 0.926. The molecule has 1 atom stereocenters. The summed E-state index contributed by atoms with van der Waals surface area (Å²) in [6.45, 7) is 4.05. The number of rotatable bonds is 22. The van der Waals surface area contributed by atoms with Gasteiger partial charge in [-0.1, -0.05) is 122 Å². The van der Waals surface area contributed by atoms with Gasteiger partial charge in [0.25, 0.3) is 0 Å². The molecule has 0 bridgehead atoms. The lowest BCUT2D eigenvalue weighted by Crippen LogP contribution is -2.37. The second-order valence-corrected chi connectivity index (χ2v) is 9.55. The van der Waals surface area contributed by atoms with Crippen molar-refractivity contribution in [2.75, 3.05) is 14.1 Å². The highest BCUT2D eigenvalue weighted by atomic mass is 16.4. The van der Waals surface area contributed by atoms with Crippen LogP contribution in [0.5, 0.6) is 0 Å². The standard InChI is InChI=1S/C22H44O2.C5H12N2O/c1-2-3-4-5-6-7-8-9-10-11-12-13-14-15-16-17-18-19-20-21-22(23)24;1-4(5(6)8)7(2)3/h2-21H2,1H3,(H,23,24);4H,1-3H3,(H2,6,8). The smallest absolute Gasteiger partial charge is 0.303 e. The number of aliphatic carboxylic acids is 1. The predicted octanol–water partition coefficient (Wildman–Crippen LogP) is 7.31. The minimum atomic E-state index is -0.651. The summed E-state index contributed by atoms with van der Waals surface area (Å²) in [4.78, 5) is 22.5. The monoisotopic (exact) mass is 456 g/mol. The number of unbranched alkanes of at least 4 members (excludes halogenated alkanes) is 18. The van der Waals surface area contributed by atoms with Gasteiger partial charge in [-0.3, -0.25) is 14.5 Å². The Balaban J connectivity index is 0.